The Morgan fingerprint density at radius 2 is 2.18 bits per heavy atom. The first-order valence-electron chi connectivity index (χ1n) is 2.79. The minimum absolute atomic E-state index is 0.00261. The molecule has 0 unspecified atom stereocenters. The smallest absolute Gasteiger partial charge is 0.136 e. The lowest BCUT2D eigenvalue weighted by Crippen LogP contribution is -2.06. The molecule has 0 aliphatic carbocycles. The molecule has 0 saturated heterocycles. The normalized spacial score (nSPS) is 9.73. The standard InChI is InChI=1S/C6H6BrClN2O/c7-3-1-4(8)6(11)2-5(3)10-9/h1-2,10-11H,9H2. The fraction of sp³-hybridized carbons (Fsp3) is 0. The maximum atomic E-state index is 9.11. The molecular formula is C6H6BrClN2O. The number of anilines is 1. The summed E-state index contributed by atoms with van der Waals surface area (Å²) in [5.74, 6) is 5.14. The van der Waals surface area contributed by atoms with Gasteiger partial charge in [-0.15, -0.1) is 0 Å². The van der Waals surface area contributed by atoms with E-state index in [9.17, 15) is 0 Å². The number of hydrazine groups is 1. The quantitative estimate of drug-likeness (QED) is 0.518. The van der Waals surface area contributed by atoms with Crippen molar-refractivity contribution >= 4 is 33.2 Å². The summed E-state index contributed by atoms with van der Waals surface area (Å²) in [4.78, 5) is 0. The van der Waals surface area contributed by atoms with Gasteiger partial charge in [0, 0.05) is 10.5 Å². The van der Waals surface area contributed by atoms with Crippen LogP contribution in [-0.4, -0.2) is 5.11 Å². The molecule has 1 aromatic rings. The zero-order valence-corrected chi connectivity index (χ0v) is 7.78. The van der Waals surface area contributed by atoms with Crippen molar-refractivity contribution < 1.29 is 5.11 Å². The third-order valence-corrected chi connectivity index (χ3v) is 2.15. The third-order valence-electron chi connectivity index (χ3n) is 1.19. The van der Waals surface area contributed by atoms with Crippen LogP contribution in [0.3, 0.4) is 0 Å². The molecule has 1 aromatic carbocycles. The van der Waals surface area contributed by atoms with E-state index < -0.39 is 0 Å². The van der Waals surface area contributed by atoms with E-state index in [1.165, 1.54) is 6.07 Å². The fourth-order valence-electron chi connectivity index (χ4n) is 0.648. The first-order valence-corrected chi connectivity index (χ1v) is 3.97. The Hall–Kier alpha value is -0.450. The monoisotopic (exact) mass is 236 g/mol. The predicted molar refractivity (Wildman–Crippen MR) is 48.6 cm³/mol. The Morgan fingerprint density at radius 3 is 2.73 bits per heavy atom. The number of nitrogens with one attached hydrogen (secondary N) is 1. The number of rotatable bonds is 1. The van der Waals surface area contributed by atoms with Gasteiger partial charge in [0.2, 0.25) is 0 Å². The summed E-state index contributed by atoms with van der Waals surface area (Å²) in [6.07, 6.45) is 0. The van der Waals surface area contributed by atoms with Gasteiger partial charge < -0.3 is 10.5 Å². The van der Waals surface area contributed by atoms with Crippen molar-refractivity contribution in [1.29, 1.82) is 0 Å². The highest BCUT2D eigenvalue weighted by Gasteiger charge is 2.03. The predicted octanol–water partition coefficient (Wildman–Crippen LogP) is 2.09. The van der Waals surface area contributed by atoms with Crippen LogP contribution in [0.5, 0.6) is 5.75 Å². The number of phenols is 1. The number of aromatic hydroxyl groups is 1. The van der Waals surface area contributed by atoms with Crippen molar-refractivity contribution in [1.82, 2.24) is 0 Å². The Balaban J connectivity index is 3.21. The number of hydrogen-bond acceptors (Lipinski definition) is 3. The maximum absolute atomic E-state index is 9.11. The van der Waals surface area contributed by atoms with Gasteiger partial charge in [-0.25, -0.2) is 0 Å². The lowest BCUT2D eigenvalue weighted by Gasteiger charge is -2.04. The molecule has 0 bridgehead atoms. The largest absolute Gasteiger partial charge is 0.506 e. The molecule has 1 rings (SSSR count). The molecule has 0 radical (unpaired) electrons. The molecule has 0 amide bonds. The average Bonchev–Trinajstić information content (AvgIpc) is 1.97. The highest BCUT2D eigenvalue weighted by Crippen LogP contribution is 2.32. The van der Waals surface area contributed by atoms with Crippen LogP contribution >= 0.6 is 27.5 Å². The zero-order chi connectivity index (χ0) is 8.43. The highest BCUT2D eigenvalue weighted by molar-refractivity contribution is 9.10. The first-order chi connectivity index (χ1) is 5.15. The number of benzene rings is 1. The molecular weight excluding hydrogens is 231 g/mol. The first kappa shape index (κ1) is 8.64. The molecule has 60 valence electrons. The Bertz CT molecular complexity index is 280. The maximum Gasteiger partial charge on any atom is 0.136 e. The van der Waals surface area contributed by atoms with E-state index in [-0.39, 0.29) is 10.8 Å². The summed E-state index contributed by atoms with van der Waals surface area (Å²) in [5, 5.41) is 9.40. The summed E-state index contributed by atoms with van der Waals surface area (Å²) in [5.41, 5.74) is 2.99. The van der Waals surface area contributed by atoms with Gasteiger partial charge in [0.25, 0.3) is 0 Å². The van der Waals surface area contributed by atoms with E-state index in [0.717, 1.165) is 0 Å². The molecule has 0 atom stereocenters. The van der Waals surface area contributed by atoms with E-state index >= 15 is 0 Å². The van der Waals surface area contributed by atoms with Crippen molar-refractivity contribution in [3.63, 3.8) is 0 Å². The Labute approximate surface area is 77.3 Å². The minimum Gasteiger partial charge on any atom is -0.506 e. The number of halogens is 2. The van der Waals surface area contributed by atoms with E-state index in [1.807, 2.05) is 0 Å². The van der Waals surface area contributed by atoms with Crippen LogP contribution in [0.15, 0.2) is 16.6 Å². The lowest BCUT2D eigenvalue weighted by atomic mass is 10.3. The number of phenolic OH excluding ortho intramolecular Hbond substituents is 1. The Kier molecular flexibility index (Phi) is 2.59. The topological polar surface area (TPSA) is 58.3 Å². The Morgan fingerprint density at radius 1 is 1.55 bits per heavy atom. The SMILES string of the molecule is NNc1cc(O)c(Cl)cc1Br. The van der Waals surface area contributed by atoms with Gasteiger partial charge in [0.1, 0.15) is 5.75 Å². The van der Waals surface area contributed by atoms with Gasteiger partial charge >= 0.3 is 0 Å². The molecule has 11 heavy (non-hydrogen) atoms. The summed E-state index contributed by atoms with van der Waals surface area (Å²) in [6, 6.07) is 3.00. The molecule has 4 N–H and O–H groups in total. The molecule has 0 saturated carbocycles. The minimum atomic E-state index is 0.00261. The molecule has 0 spiro atoms. The molecule has 0 aromatic heterocycles. The van der Waals surface area contributed by atoms with Crippen LogP contribution in [0.1, 0.15) is 0 Å². The number of nitrogens with two attached hydrogens (primary N) is 1. The van der Waals surface area contributed by atoms with Crippen molar-refractivity contribution in [2.75, 3.05) is 5.43 Å². The van der Waals surface area contributed by atoms with E-state index in [4.69, 9.17) is 22.6 Å². The van der Waals surface area contributed by atoms with Gasteiger partial charge in [-0.05, 0) is 22.0 Å². The lowest BCUT2D eigenvalue weighted by molar-refractivity contribution is 0.476. The second kappa shape index (κ2) is 3.30. The summed E-state index contributed by atoms with van der Waals surface area (Å²) >= 11 is 8.80. The van der Waals surface area contributed by atoms with Crippen LogP contribution in [0.4, 0.5) is 5.69 Å². The van der Waals surface area contributed by atoms with Crippen molar-refractivity contribution in [2.24, 2.45) is 5.84 Å². The van der Waals surface area contributed by atoms with Gasteiger partial charge in [-0.2, -0.15) is 0 Å². The molecule has 0 aliphatic rings. The molecule has 0 heterocycles. The van der Waals surface area contributed by atoms with Crippen LogP contribution in [0, 0.1) is 0 Å². The second-order valence-electron chi connectivity index (χ2n) is 1.93. The van der Waals surface area contributed by atoms with Crippen molar-refractivity contribution in [3.05, 3.63) is 21.6 Å². The molecule has 0 aliphatic heterocycles. The van der Waals surface area contributed by atoms with Gasteiger partial charge in [-0.3, -0.25) is 5.84 Å². The highest BCUT2D eigenvalue weighted by atomic mass is 79.9. The van der Waals surface area contributed by atoms with E-state index in [0.29, 0.717) is 10.2 Å². The number of nitrogen functional groups attached to an aromatic ring is 1. The van der Waals surface area contributed by atoms with E-state index in [2.05, 4.69) is 21.4 Å². The van der Waals surface area contributed by atoms with Gasteiger partial charge in [0.15, 0.2) is 0 Å². The number of hydrogen-bond donors (Lipinski definition) is 3. The summed E-state index contributed by atoms with van der Waals surface area (Å²) < 4.78 is 0.711. The van der Waals surface area contributed by atoms with E-state index in [1.54, 1.807) is 6.07 Å². The fourth-order valence-corrected chi connectivity index (χ4v) is 1.40. The van der Waals surface area contributed by atoms with Crippen LogP contribution < -0.4 is 11.3 Å². The van der Waals surface area contributed by atoms with Gasteiger partial charge in [-0.1, -0.05) is 11.6 Å². The molecule has 0 fully saturated rings. The molecule has 5 heteroatoms. The van der Waals surface area contributed by atoms with Crippen LogP contribution in [-0.2, 0) is 0 Å². The third kappa shape index (κ3) is 1.77. The van der Waals surface area contributed by atoms with Gasteiger partial charge in [0.05, 0.1) is 10.7 Å². The summed E-state index contributed by atoms with van der Waals surface area (Å²) in [6.45, 7) is 0. The zero-order valence-electron chi connectivity index (χ0n) is 5.44. The van der Waals surface area contributed by atoms with Crippen LogP contribution in [0.25, 0.3) is 0 Å². The average molecular weight is 237 g/mol. The summed E-state index contributed by atoms with van der Waals surface area (Å²) in [7, 11) is 0. The second-order valence-corrected chi connectivity index (χ2v) is 3.19. The van der Waals surface area contributed by atoms with Crippen molar-refractivity contribution in [3.8, 4) is 5.75 Å². The van der Waals surface area contributed by atoms with Crippen LogP contribution in [0.2, 0.25) is 5.02 Å². The molecule has 3 nitrogen and oxygen atoms in total. The van der Waals surface area contributed by atoms with Crippen molar-refractivity contribution in [2.45, 2.75) is 0 Å².